The fourth-order valence-corrected chi connectivity index (χ4v) is 1.69. The predicted octanol–water partition coefficient (Wildman–Crippen LogP) is 2.68. The highest BCUT2D eigenvalue weighted by molar-refractivity contribution is 5.30. The molecule has 0 saturated heterocycles. The Morgan fingerprint density at radius 1 is 1.32 bits per heavy atom. The Bertz CT molecular complexity index is 560. The summed E-state index contributed by atoms with van der Waals surface area (Å²) in [6, 6.07) is 6.91. The molecule has 0 aliphatic rings. The number of aromatic nitrogens is 2. The lowest BCUT2D eigenvalue weighted by Gasteiger charge is -2.07. The number of hydrogen-bond acceptors (Lipinski definition) is 4. The minimum atomic E-state index is -0.258. The number of aryl methyl sites for hydroxylation is 1. The number of nitrogens with one attached hydrogen (secondary N) is 1. The van der Waals surface area contributed by atoms with E-state index in [-0.39, 0.29) is 12.4 Å². The monoisotopic (exact) mass is 261 g/mol. The second-order valence-corrected chi connectivity index (χ2v) is 4.23. The van der Waals surface area contributed by atoms with Crippen LogP contribution in [-0.4, -0.2) is 17.1 Å². The molecule has 4 nitrogen and oxygen atoms in total. The van der Waals surface area contributed by atoms with Gasteiger partial charge in [-0.3, -0.25) is 0 Å². The van der Waals surface area contributed by atoms with Crippen LogP contribution >= 0.6 is 0 Å². The van der Waals surface area contributed by atoms with Crippen molar-refractivity contribution < 1.29 is 9.13 Å². The third-order valence-corrected chi connectivity index (χ3v) is 2.66. The molecule has 0 fully saturated rings. The fraction of sp³-hybridized carbons (Fsp3) is 0.286. The van der Waals surface area contributed by atoms with Gasteiger partial charge in [-0.05, 0) is 24.6 Å². The normalized spacial score (nSPS) is 10.5. The molecule has 1 heterocycles. The number of nitrogens with zero attached hydrogens (tertiary/aromatic N) is 2. The highest BCUT2D eigenvalue weighted by Crippen LogP contribution is 2.12. The molecule has 0 amide bonds. The van der Waals surface area contributed by atoms with Crippen LogP contribution in [0.4, 0.5) is 10.3 Å². The van der Waals surface area contributed by atoms with Gasteiger partial charge in [0.1, 0.15) is 5.82 Å². The molecule has 0 atom stereocenters. The molecule has 0 spiro atoms. The molecule has 2 rings (SSSR count). The molecule has 0 aliphatic carbocycles. The minimum Gasteiger partial charge on any atom is -0.380 e. The van der Waals surface area contributed by atoms with E-state index < -0.39 is 0 Å². The molecular weight excluding hydrogens is 245 g/mol. The van der Waals surface area contributed by atoms with Crippen molar-refractivity contribution in [3.8, 4) is 0 Å². The van der Waals surface area contributed by atoms with Crippen LogP contribution in [0.15, 0.2) is 30.5 Å². The zero-order valence-corrected chi connectivity index (χ0v) is 11.0. The molecular formula is C14H16FN3O. The van der Waals surface area contributed by atoms with Crippen molar-refractivity contribution in [2.24, 2.45) is 0 Å². The van der Waals surface area contributed by atoms with Gasteiger partial charge in [-0.25, -0.2) is 14.4 Å². The Balaban J connectivity index is 2.02. The molecule has 1 aromatic heterocycles. The minimum absolute atomic E-state index is 0.258. The van der Waals surface area contributed by atoms with Crippen molar-refractivity contribution in [3.63, 3.8) is 0 Å². The third-order valence-electron chi connectivity index (χ3n) is 2.66. The van der Waals surface area contributed by atoms with Crippen molar-refractivity contribution >= 4 is 5.95 Å². The third kappa shape index (κ3) is 3.72. The smallest absolute Gasteiger partial charge is 0.223 e. The van der Waals surface area contributed by atoms with E-state index in [2.05, 4.69) is 15.3 Å². The maximum Gasteiger partial charge on any atom is 0.223 e. The van der Waals surface area contributed by atoms with E-state index in [0.29, 0.717) is 18.1 Å². The molecule has 100 valence electrons. The van der Waals surface area contributed by atoms with Crippen molar-refractivity contribution in [3.05, 3.63) is 53.1 Å². The lowest BCUT2D eigenvalue weighted by molar-refractivity contribution is 0.181. The Morgan fingerprint density at radius 2 is 2.16 bits per heavy atom. The summed E-state index contributed by atoms with van der Waals surface area (Å²) in [4.78, 5) is 8.31. The summed E-state index contributed by atoms with van der Waals surface area (Å²) in [7, 11) is 1.55. The van der Waals surface area contributed by atoms with Gasteiger partial charge in [0, 0.05) is 31.1 Å². The number of rotatable bonds is 5. The molecule has 0 saturated carbocycles. The van der Waals surface area contributed by atoms with E-state index in [1.54, 1.807) is 19.4 Å². The number of benzene rings is 1. The SMILES string of the molecule is COCc1ccc(CNc2nccc(C)n2)cc1F. The van der Waals surface area contributed by atoms with E-state index in [1.165, 1.54) is 6.07 Å². The average molecular weight is 261 g/mol. The summed E-state index contributed by atoms with van der Waals surface area (Å²) < 4.78 is 18.6. The topological polar surface area (TPSA) is 47.0 Å². The number of hydrogen-bond donors (Lipinski definition) is 1. The first-order valence-corrected chi connectivity index (χ1v) is 5.99. The zero-order valence-electron chi connectivity index (χ0n) is 11.0. The zero-order chi connectivity index (χ0) is 13.7. The van der Waals surface area contributed by atoms with Gasteiger partial charge in [-0.1, -0.05) is 12.1 Å². The van der Waals surface area contributed by atoms with E-state index in [1.807, 2.05) is 19.1 Å². The largest absolute Gasteiger partial charge is 0.380 e. The van der Waals surface area contributed by atoms with Crippen LogP contribution in [0.25, 0.3) is 0 Å². The van der Waals surface area contributed by atoms with Crippen LogP contribution in [0.2, 0.25) is 0 Å². The van der Waals surface area contributed by atoms with Crippen LogP contribution in [0, 0.1) is 12.7 Å². The maximum atomic E-state index is 13.7. The maximum absolute atomic E-state index is 13.7. The Kier molecular flexibility index (Phi) is 4.41. The highest BCUT2D eigenvalue weighted by atomic mass is 19.1. The van der Waals surface area contributed by atoms with Gasteiger partial charge in [0.05, 0.1) is 6.61 Å². The molecule has 1 N–H and O–H groups in total. The van der Waals surface area contributed by atoms with Crippen LogP contribution in [-0.2, 0) is 17.9 Å². The fourth-order valence-electron chi connectivity index (χ4n) is 1.69. The van der Waals surface area contributed by atoms with Crippen molar-refractivity contribution in [2.45, 2.75) is 20.1 Å². The van der Waals surface area contributed by atoms with Gasteiger partial charge < -0.3 is 10.1 Å². The average Bonchev–Trinajstić information content (AvgIpc) is 2.39. The molecule has 19 heavy (non-hydrogen) atoms. The van der Waals surface area contributed by atoms with Gasteiger partial charge in [-0.15, -0.1) is 0 Å². The first-order valence-electron chi connectivity index (χ1n) is 5.99. The highest BCUT2D eigenvalue weighted by Gasteiger charge is 2.04. The van der Waals surface area contributed by atoms with Crippen LogP contribution in [0.5, 0.6) is 0 Å². The van der Waals surface area contributed by atoms with Gasteiger partial charge >= 0.3 is 0 Å². The first-order chi connectivity index (χ1) is 9.19. The van der Waals surface area contributed by atoms with E-state index in [0.717, 1.165) is 11.3 Å². The number of methoxy groups -OCH3 is 1. The summed E-state index contributed by atoms with van der Waals surface area (Å²) in [5.74, 6) is 0.285. The molecule has 0 aliphatic heterocycles. The number of ether oxygens (including phenoxy) is 1. The molecule has 2 aromatic rings. The lowest BCUT2D eigenvalue weighted by Crippen LogP contribution is -2.05. The Labute approximate surface area is 111 Å². The summed E-state index contributed by atoms with van der Waals surface area (Å²) in [5.41, 5.74) is 2.28. The van der Waals surface area contributed by atoms with Gasteiger partial charge in [0.2, 0.25) is 5.95 Å². The van der Waals surface area contributed by atoms with Gasteiger partial charge in [0.15, 0.2) is 0 Å². The quantitative estimate of drug-likeness (QED) is 0.899. The summed E-state index contributed by atoms with van der Waals surface area (Å²) in [5, 5.41) is 3.06. The van der Waals surface area contributed by atoms with E-state index in [9.17, 15) is 4.39 Å². The predicted molar refractivity (Wildman–Crippen MR) is 71.2 cm³/mol. The second kappa shape index (κ2) is 6.24. The second-order valence-electron chi connectivity index (χ2n) is 4.23. The standard InChI is InChI=1S/C14H16FN3O/c1-10-5-6-16-14(18-10)17-8-11-3-4-12(9-19-2)13(15)7-11/h3-7H,8-9H2,1-2H3,(H,16,17,18). The number of halogens is 1. The van der Waals surface area contributed by atoms with Crippen molar-refractivity contribution in [2.75, 3.05) is 12.4 Å². The van der Waals surface area contributed by atoms with Gasteiger partial charge in [0.25, 0.3) is 0 Å². The van der Waals surface area contributed by atoms with Gasteiger partial charge in [-0.2, -0.15) is 0 Å². The van der Waals surface area contributed by atoms with Crippen LogP contribution in [0.1, 0.15) is 16.8 Å². The van der Waals surface area contributed by atoms with E-state index >= 15 is 0 Å². The summed E-state index contributed by atoms with van der Waals surface area (Å²) in [6.07, 6.45) is 1.69. The molecule has 1 aromatic carbocycles. The molecule has 0 bridgehead atoms. The van der Waals surface area contributed by atoms with Crippen molar-refractivity contribution in [1.29, 1.82) is 0 Å². The molecule has 0 unspecified atom stereocenters. The van der Waals surface area contributed by atoms with E-state index in [4.69, 9.17) is 4.74 Å². The lowest BCUT2D eigenvalue weighted by atomic mass is 10.1. The molecule has 0 radical (unpaired) electrons. The van der Waals surface area contributed by atoms with Crippen LogP contribution < -0.4 is 5.32 Å². The van der Waals surface area contributed by atoms with Crippen molar-refractivity contribution in [1.82, 2.24) is 9.97 Å². The summed E-state index contributed by atoms with van der Waals surface area (Å²) >= 11 is 0. The molecule has 5 heteroatoms. The Morgan fingerprint density at radius 3 is 2.84 bits per heavy atom. The Hall–Kier alpha value is -2.01. The first kappa shape index (κ1) is 13.4. The number of anilines is 1. The van der Waals surface area contributed by atoms with Crippen LogP contribution in [0.3, 0.4) is 0 Å². The summed E-state index contributed by atoms with van der Waals surface area (Å²) in [6.45, 7) is 2.65.